The summed E-state index contributed by atoms with van der Waals surface area (Å²) >= 11 is 5.82. The number of nitrogens with zero attached hydrogens (tertiary/aromatic N) is 1. The molecule has 3 fully saturated rings. The Morgan fingerprint density at radius 2 is 1.39 bits per heavy atom. The van der Waals surface area contributed by atoms with Crippen molar-refractivity contribution in [2.45, 2.75) is 6.42 Å². The fourth-order valence-corrected chi connectivity index (χ4v) is 6.02. The quantitative estimate of drug-likeness (QED) is 0.291. The van der Waals surface area contributed by atoms with Crippen LogP contribution in [0.1, 0.15) is 27.1 Å². The fourth-order valence-electron chi connectivity index (χ4n) is 5.89. The standard InChI is InChI=1S/C26H20ClNO5/c27-15-5-1-13(2-6-15)21(29)12-33-26(32)14-3-7-16(8-4-14)28-24(30)22-17-9-10-18(20-11-19(17)20)23(22)25(28)31/h1-10,17-20,22-23H,11-12H2/t17-,18-,19-,20-,22-,23+/m0/s1. The number of carbonyl (C=O) groups excluding carboxylic acids is 4. The summed E-state index contributed by atoms with van der Waals surface area (Å²) in [7, 11) is 0. The Labute approximate surface area is 195 Å². The zero-order valence-corrected chi connectivity index (χ0v) is 18.3. The second kappa shape index (κ2) is 7.39. The number of imide groups is 1. The summed E-state index contributed by atoms with van der Waals surface area (Å²) < 4.78 is 5.14. The Balaban J connectivity index is 1.14. The predicted octanol–water partition coefficient (Wildman–Crippen LogP) is 3.94. The van der Waals surface area contributed by atoms with E-state index in [-0.39, 0.29) is 46.8 Å². The number of rotatable bonds is 5. The largest absolute Gasteiger partial charge is 0.454 e. The van der Waals surface area contributed by atoms with Crippen molar-refractivity contribution in [3.63, 3.8) is 0 Å². The molecule has 5 aliphatic rings. The summed E-state index contributed by atoms with van der Waals surface area (Å²) in [5.74, 6) is -0.376. The van der Waals surface area contributed by atoms with Gasteiger partial charge in [0.2, 0.25) is 11.8 Å². The van der Waals surface area contributed by atoms with E-state index in [0.717, 1.165) is 6.42 Å². The van der Waals surface area contributed by atoms with Gasteiger partial charge >= 0.3 is 5.97 Å². The second-order valence-corrected chi connectivity index (χ2v) is 9.66. The molecule has 2 amide bonds. The van der Waals surface area contributed by atoms with E-state index in [2.05, 4.69) is 12.2 Å². The van der Waals surface area contributed by atoms with E-state index in [9.17, 15) is 19.2 Å². The van der Waals surface area contributed by atoms with Gasteiger partial charge in [0.25, 0.3) is 0 Å². The first-order valence-electron chi connectivity index (χ1n) is 11.1. The van der Waals surface area contributed by atoms with Gasteiger partial charge < -0.3 is 4.74 Å². The molecular formula is C26H20ClNO5. The SMILES string of the molecule is O=C(COC(=O)c1ccc(N2C(=O)[C@@H]3[C@H]4C=C[C@@H]([C@@H]5C[C@@H]45)[C@@H]3C2=O)cc1)c1ccc(Cl)cc1. The fraction of sp³-hybridized carbons (Fsp3) is 0.308. The van der Waals surface area contributed by atoms with Crippen LogP contribution in [0, 0.1) is 35.5 Å². The molecule has 2 bridgehead atoms. The van der Waals surface area contributed by atoms with Gasteiger partial charge in [-0.3, -0.25) is 19.3 Å². The highest BCUT2D eigenvalue weighted by molar-refractivity contribution is 6.30. The van der Waals surface area contributed by atoms with Crippen LogP contribution in [0.2, 0.25) is 5.02 Å². The number of esters is 1. The molecule has 2 saturated carbocycles. The Morgan fingerprint density at radius 3 is 1.97 bits per heavy atom. The molecule has 166 valence electrons. The van der Waals surface area contributed by atoms with Crippen LogP contribution in [0.5, 0.6) is 0 Å². The Hall–Kier alpha value is -3.25. The van der Waals surface area contributed by atoms with Gasteiger partial charge in [0.05, 0.1) is 23.1 Å². The number of carbonyl (C=O) groups is 4. The number of benzene rings is 2. The van der Waals surface area contributed by atoms with Crippen molar-refractivity contribution >= 4 is 40.9 Å². The van der Waals surface area contributed by atoms with Gasteiger partial charge in [-0.1, -0.05) is 23.8 Å². The van der Waals surface area contributed by atoms with Gasteiger partial charge in [0.1, 0.15) is 0 Å². The second-order valence-electron chi connectivity index (χ2n) is 9.22. The molecular weight excluding hydrogens is 442 g/mol. The van der Waals surface area contributed by atoms with Crippen LogP contribution in [-0.2, 0) is 14.3 Å². The molecule has 33 heavy (non-hydrogen) atoms. The molecule has 2 aromatic rings. The monoisotopic (exact) mass is 461 g/mol. The van der Waals surface area contributed by atoms with E-state index in [0.29, 0.717) is 28.1 Å². The minimum Gasteiger partial charge on any atom is -0.454 e. The Kier molecular flexibility index (Phi) is 4.56. The average molecular weight is 462 g/mol. The van der Waals surface area contributed by atoms with Crippen molar-refractivity contribution in [2.24, 2.45) is 35.5 Å². The van der Waals surface area contributed by atoms with Gasteiger partial charge in [-0.25, -0.2) is 4.79 Å². The first kappa shape index (κ1) is 20.4. The zero-order valence-electron chi connectivity index (χ0n) is 17.5. The van der Waals surface area contributed by atoms with Crippen LogP contribution in [0.15, 0.2) is 60.7 Å². The minimum absolute atomic E-state index is 0.140. The predicted molar refractivity (Wildman–Crippen MR) is 120 cm³/mol. The van der Waals surface area contributed by atoms with Crippen molar-refractivity contribution in [3.05, 3.63) is 76.8 Å². The molecule has 0 N–H and O–H groups in total. The third kappa shape index (κ3) is 3.16. The lowest BCUT2D eigenvalue weighted by molar-refractivity contribution is -0.124. The summed E-state index contributed by atoms with van der Waals surface area (Å²) in [6.07, 6.45) is 5.39. The summed E-state index contributed by atoms with van der Waals surface area (Å²) in [5, 5.41) is 0.513. The molecule has 0 unspecified atom stereocenters. The van der Waals surface area contributed by atoms with Gasteiger partial charge in [-0.15, -0.1) is 0 Å². The number of hydrogen-bond acceptors (Lipinski definition) is 5. The van der Waals surface area contributed by atoms with Gasteiger partial charge in [0, 0.05) is 10.6 Å². The Bertz CT molecular complexity index is 1180. The third-order valence-electron chi connectivity index (χ3n) is 7.52. The summed E-state index contributed by atoms with van der Waals surface area (Å²) in [6, 6.07) is 12.5. The molecule has 1 saturated heterocycles. The van der Waals surface area contributed by atoms with Crippen molar-refractivity contribution in [1.29, 1.82) is 0 Å². The van der Waals surface area contributed by atoms with Crippen molar-refractivity contribution in [2.75, 3.05) is 11.5 Å². The normalized spacial score (nSPS) is 30.8. The van der Waals surface area contributed by atoms with Crippen molar-refractivity contribution in [3.8, 4) is 0 Å². The zero-order chi connectivity index (χ0) is 22.9. The van der Waals surface area contributed by atoms with E-state index >= 15 is 0 Å². The maximum Gasteiger partial charge on any atom is 0.338 e. The highest BCUT2D eigenvalue weighted by Gasteiger charge is 2.67. The van der Waals surface area contributed by atoms with Crippen LogP contribution in [0.3, 0.4) is 0 Å². The van der Waals surface area contributed by atoms with Crippen LogP contribution >= 0.6 is 11.6 Å². The molecule has 6 nitrogen and oxygen atoms in total. The maximum absolute atomic E-state index is 13.2. The molecule has 2 aromatic carbocycles. The van der Waals surface area contributed by atoms with E-state index in [4.69, 9.17) is 16.3 Å². The number of allylic oxidation sites excluding steroid dienone is 2. The summed E-state index contributed by atoms with van der Waals surface area (Å²) in [5.41, 5.74) is 1.10. The smallest absolute Gasteiger partial charge is 0.338 e. The van der Waals surface area contributed by atoms with E-state index < -0.39 is 12.6 Å². The molecule has 0 aromatic heterocycles. The number of hydrogen-bond donors (Lipinski definition) is 0. The highest BCUT2D eigenvalue weighted by atomic mass is 35.5. The number of ketones is 1. The van der Waals surface area contributed by atoms with Gasteiger partial charge in [-0.2, -0.15) is 0 Å². The molecule has 7 heteroatoms. The number of Topliss-reactive ketones (excluding diaryl/α,β-unsaturated/α-hetero) is 1. The van der Waals surface area contributed by atoms with Crippen LogP contribution in [0.25, 0.3) is 0 Å². The first-order chi connectivity index (χ1) is 15.9. The molecule has 1 aliphatic heterocycles. The number of amides is 2. The van der Waals surface area contributed by atoms with Crippen LogP contribution < -0.4 is 4.90 Å². The number of halogens is 1. The molecule has 4 aliphatic carbocycles. The molecule has 7 rings (SSSR count). The van der Waals surface area contributed by atoms with E-state index in [1.165, 1.54) is 17.0 Å². The van der Waals surface area contributed by atoms with Crippen LogP contribution in [-0.4, -0.2) is 30.2 Å². The Morgan fingerprint density at radius 1 is 0.848 bits per heavy atom. The molecule has 6 atom stereocenters. The number of anilines is 1. The van der Waals surface area contributed by atoms with Crippen LogP contribution in [0.4, 0.5) is 5.69 Å². The van der Waals surface area contributed by atoms with E-state index in [1.54, 1.807) is 36.4 Å². The lowest BCUT2D eigenvalue weighted by Gasteiger charge is -2.37. The first-order valence-corrected chi connectivity index (χ1v) is 11.4. The maximum atomic E-state index is 13.2. The van der Waals surface area contributed by atoms with Gasteiger partial charge in [0.15, 0.2) is 12.4 Å². The van der Waals surface area contributed by atoms with Crippen molar-refractivity contribution < 1.29 is 23.9 Å². The third-order valence-corrected chi connectivity index (χ3v) is 7.78. The summed E-state index contributed by atoms with van der Waals surface area (Å²) in [4.78, 5) is 52.2. The molecule has 0 spiro atoms. The highest BCUT2D eigenvalue weighted by Crippen LogP contribution is 2.65. The molecule has 1 heterocycles. The lowest BCUT2D eigenvalue weighted by Crippen LogP contribution is -2.40. The minimum atomic E-state index is -0.654. The average Bonchev–Trinajstić information content (AvgIpc) is 3.61. The molecule has 0 radical (unpaired) electrons. The van der Waals surface area contributed by atoms with Crippen molar-refractivity contribution in [1.82, 2.24) is 0 Å². The topological polar surface area (TPSA) is 80.8 Å². The van der Waals surface area contributed by atoms with Gasteiger partial charge in [-0.05, 0) is 78.6 Å². The lowest BCUT2D eigenvalue weighted by atomic mass is 9.63. The summed E-state index contributed by atoms with van der Waals surface area (Å²) in [6.45, 7) is -0.396. The van der Waals surface area contributed by atoms with E-state index in [1.807, 2.05) is 0 Å². The number of ether oxygens (including phenoxy) is 1.